The topological polar surface area (TPSA) is 84.6 Å². The van der Waals surface area contributed by atoms with Gasteiger partial charge in [-0.05, 0) is 54.3 Å². The number of carboxylic acids is 1. The SMILES string of the molecule is O=C(O)c1ccc2nc3c(c(=O)n2c1)CCC3=Cc1ccncc1. The lowest BCUT2D eigenvalue weighted by atomic mass is 10.1. The summed E-state index contributed by atoms with van der Waals surface area (Å²) in [5.41, 5.74) is 3.68. The fraction of sp³-hybridized carbons (Fsp3) is 0.111. The highest BCUT2D eigenvalue weighted by molar-refractivity contribution is 5.88. The molecule has 0 fully saturated rings. The van der Waals surface area contributed by atoms with Crippen molar-refractivity contribution < 1.29 is 9.90 Å². The first kappa shape index (κ1) is 14.3. The average Bonchev–Trinajstić information content (AvgIpc) is 2.99. The Kier molecular flexibility index (Phi) is 3.23. The Balaban J connectivity index is 1.90. The third-order valence-corrected chi connectivity index (χ3v) is 4.16. The number of pyridine rings is 2. The Morgan fingerprint density at radius 2 is 1.96 bits per heavy atom. The molecule has 6 heteroatoms. The summed E-state index contributed by atoms with van der Waals surface area (Å²) >= 11 is 0. The summed E-state index contributed by atoms with van der Waals surface area (Å²) in [4.78, 5) is 32.4. The molecule has 0 aromatic carbocycles. The van der Waals surface area contributed by atoms with E-state index in [1.54, 1.807) is 18.5 Å². The molecule has 0 saturated heterocycles. The van der Waals surface area contributed by atoms with E-state index in [0.29, 0.717) is 23.3 Å². The highest BCUT2D eigenvalue weighted by atomic mass is 16.4. The van der Waals surface area contributed by atoms with E-state index in [1.807, 2.05) is 18.2 Å². The van der Waals surface area contributed by atoms with Crippen LogP contribution in [0.3, 0.4) is 0 Å². The number of hydrogen-bond acceptors (Lipinski definition) is 4. The fourth-order valence-corrected chi connectivity index (χ4v) is 2.97. The van der Waals surface area contributed by atoms with E-state index in [-0.39, 0.29) is 11.1 Å². The van der Waals surface area contributed by atoms with Crippen LogP contribution in [-0.4, -0.2) is 25.4 Å². The number of fused-ring (bicyclic) bond motifs is 2. The molecule has 0 atom stereocenters. The van der Waals surface area contributed by atoms with Crippen molar-refractivity contribution in [3.63, 3.8) is 0 Å². The number of rotatable bonds is 2. The molecule has 4 rings (SSSR count). The molecule has 118 valence electrons. The van der Waals surface area contributed by atoms with Crippen LogP contribution < -0.4 is 5.56 Å². The van der Waals surface area contributed by atoms with E-state index in [2.05, 4.69) is 9.97 Å². The smallest absolute Gasteiger partial charge is 0.337 e. The molecule has 3 heterocycles. The maximum Gasteiger partial charge on any atom is 0.337 e. The van der Waals surface area contributed by atoms with Crippen molar-refractivity contribution in [3.8, 4) is 0 Å². The van der Waals surface area contributed by atoms with Crippen LogP contribution in [0.1, 0.15) is 33.6 Å². The molecule has 0 spiro atoms. The lowest BCUT2D eigenvalue weighted by Crippen LogP contribution is -2.20. The molecular weight excluding hydrogens is 306 g/mol. The number of nitrogens with zero attached hydrogens (tertiary/aromatic N) is 3. The molecule has 0 radical (unpaired) electrons. The Hall–Kier alpha value is -3.28. The van der Waals surface area contributed by atoms with Crippen LogP contribution in [0.2, 0.25) is 0 Å². The molecule has 3 aromatic heterocycles. The van der Waals surface area contributed by atoms with Crippen LogP contribution in [0.5, 0.6) is 0 Å². The van der Waals surface area contributed by atoms with E-state index in [9.17, 15) is 9.59 Å². The monoisotopic (exact) mass is 319 g/mol. The van der Waals surface area contributed by atoms with Gasteiger partial charge in [-0.3, -0.25) is 14.2 Å². The van der Waals surface area contributed by atoms with E-state index in [1.165, 1.54) is 16.7 Å². The predicted molar refractivity (Wildman–Crippen MR) is 88.9 cm³/mol. The van der Waals surface area contributed by atoms with Crippen molar-refractivity contribution in [2.75, 3.05) is 0 Å². The van der Waals surface area contributed by atoms with Gasteiger partial charge in [0.05, 0.1) is 11.3 Å². The minimum Gasteiger partial charge on any atom is -0.478 e. The summed E-state index contributed by atoms with van der Waals surface area (Å²) in [7, 11) is 0. The highest BCUT2D eigenvalue weighted by Crippen LogP contribution is 2.30. The second-order valence-corrected chi connectivity index (χ2v) is 5.65. The molecule has 3 aromatic rings. The number of allylic oxidation sites excluding steroid dienone is 1. The molecular formula is C18H13N3O3. The summed E-state index contributed by atoms with van der Waals surface area (Å²) in [6.07, 6.45) is 8.14. The standard InChI is InChI=1S/C18H13N3O3/c22-17-14-3-1-12(9-11-5-7-19-8-6-11)16(14)20-15-4-2-13(18(23)24)10-21(15)17/h2,4-10H,1,3H2,(H,23,24). The van der Waals surface area contributed by atoms with Crippen molar-refractivity contribution >= 4 is 23.3 Å². The lowest BCUT2D eigenvalue weighted by Gasteiger charge is -2.06. The fourth-order valence-electron chi connectivity index (χ4n) is 2.97. The van der Waals surface area contributed by atoms with Gasteiger partial charge >= 0.3 is 5.97 Å². The summed E-state index contributed by atoms with van der Waals surface area (Å²) in [6, 6.07) is 6.82. The second kappa shape index (κ2) is 5.42. The number of carbonyl (C=O) groups is 1. The van der Waals surface area contributed by atoms with Gasteiger partial charge in [-0.1, -0.05) is 0 Å². The summed E-state index contributed by atoms with van der Waals surface area (Å²) < 4.78 is 1.32. The molecule has 0 bridgehead atoms. The number of carboxylic acid groups (broad SMARTS) is 1. The third-order valence-electron chi connectivity index (χ3n) is 4.16. The van der Waals surface area contributed by atoms with E-state index in [4.69, 9.17) is 5.11 Å². The number of hydrogen-bond donors (Lipinski definition) is 1. The maximum absolute atomic E-state index is 12.7. The minimum absolute atomic E-state index is 0.0666. The van der Waals surface area contributed by atoms with E-state index < -0.39 is 5.97 Å². The van der Waals surface area contributed by atoms with Crippen molar-refractivity contribution in [2.45, 2.75) is 12.8 Å². The van der Waals surface area contributed by atoms with Gasteiger partial charge in [0.25, 0.3) is 5.56 Å². The summed E-state index contributed by atoms with van der Waals surface area (Å²) in [5.74, 6) is -1.07. The van der Waals surface area contributed by atoms with Gasteiger partial charge in [0.2, 0.25) is 0 Å². The third kappa shape index (κ3) is 2.28. The first-order valence-electron chi connectivity index (χ1n) is 7.53. The van der Waals surface area contributed by atoms with Crippen LogP contribution in [-0.2, 0) is 6.42 Å². The molecule has 1 N–H and O–H groups in total. The zero-order valence-corrected chi connectivity index (χ0v) is 12.6. The highest BCUT2D eigenvalue weighted by Gasteiger charge is 2.23. The van der Waals surface area contributed by atoms with Gasteiger partial charge < -0.3 is 5.11 Å². The molecule has 1 aliphatic rings. The number of aromatic nitrogens is 3. The second-order valence-electron chi connectivity index (χ2n) is 5.65. The van der Waals surface area contributed by atoms with Gasteiger partial charge in [0, 0.05) is 24.2 Å². The minimum atomic E-state index is -1.07. The van der Waals surface area contributed by atoms with E-state index >= 15 is 0 Å². The Labute approximate surface area is 136 Å². The van der Waals surface area contributed by atoms with Gasteiger partial charge in [0.15, 0.2) is 0 Å². The largest absolute Gasteiger partial charge is 0.478 e. The van der Waals surface area contributed by atoms with Crippen molar-refractivity contribution in [2.24, 2.45) is 0 Å². The van der Waals surface area contributed by atoms with Crippen LogP contribution in [0, 0.1) is 0 Å². The van der Waals surface area contributed by atoms with Gasteiger partial charge in [-0.25, -0.2) is 9.78 Å². The van der Waals surface area contributed by atoms with Crippen LogP contribution in [0.4, 0.5) is 0 Å². The van der Waals surface area contributed by atoms with E-state index in [0.717, 1.165) is 17.6 Å². The molecule has 0 aliphatic heterocycles. The quantitative estimate of drug-likeness (QED) is 0.783. The first-order chi connectivity index (χ1) is 11.6. The van der Waals surface area contributed by atoms with Crippen LogP contribution in [0.25, 0.3) is 17.3 Å². The van der Waals surface area contributed by atoms with Gasteiger partial charge in [-0.15, -0.1) is 0 Å². The average molecular weight is 319 g/mol. The van der Waals surface area contributed by atoms with Crippen molar-refractivity contribution in [1.29, 1.82) is 0 Å². The molecule has 0 unspecified atom stereocenters. The molecule has 1 aliphatic carbocycles. The van der Waals surface area contributed by atoms with Crippen molar-refractivity contribution in [1.82, 2.24) is 14.4 Å². The maximum atomic E-state index is 12.7. The first-order valence-corrected chi connectivity index (χ1v) is 7.53. The van der Waals surface area contributed by atoms with Gasteiger partial charge in [0.1, 0.15) is 5.65 Å². The number of aromatic carboxylic acids is 1. The Morgan fingerprint density at radius 1 is 1.17 bits per heavy atom. The zero-order chi connectivity index (χ0) is 16.7. The summed E-state index contributed by atoms with van der Waals surface area (Å²) in [5, 5.41) is 9.08. The Bertz CT molecular complexity index is 1050. The van der Waals surface area contributed by atoms with Crippen LogP contribution in [0.15, 0.2) is 47.7 Å². The summed E-state index contributed by atoms with van der Waals surface area (Å²) in [6.45, 7) is 0. The van der Waals surface area contributed by atoms with Crippen LogP contribution >= 0.6 is 0 Å². The lowest BCUT2D eigenvalue weighted by molar-refractivity contribution is 0.0696. The zero-order valence-electron chi connectivity index (χ0n) is 12.6. The molecule has 6 nitrogen and oxygen atoms in total. The van der Waals surface area contributed by atoms with Gasteiger partial charge in [-0.2, -0.15) is 0 Å². The molecule has 0 saturated carbocycles. The van der Waals surface area contributed by atoms with Crippen molar-refractivity contribution in [3.05, 3.63) is 75.6 Å². The normalized spacial score (nSPS) is 14.9. The molecule has 24 heavy (non-hydrogen) atoms. The molecule has 0 amide bonds. The predicted octanol–water partition coefficient (Wildman–Crippen LogP) is 2.27. The Morgan fingerprint density at radius 3 is 2.71 bits per heavy atom.